The number of nitrogens with one attached hydrogen (secondary N) is 1. The van der Waals surface area contributed by atoms with Gasteiger partial charge >= 0.3 is 0 Å². The topological polar surface area (TPSA) is 54.7 Å². The van der Waals surface area contributed by atoms with Gasteiger partial charge in [0.15, 0.2) is 5.16 Å². The van der Waals surface area contributed by atoms with Gasteiger partial charge in [-0.25, -0.2) is 4.98 Å². The molecule has 0 bridgehead atoms. The Morgan fingerprint density at radius 2 is 2.75 bits per heavy atom. The van der Waals surface area contributed by atoms with E-state index in [1.165, 1.54) is 11.8 Å². The van der Waals surface area contributed by atoms with Crippen LogP contribution in [-0.2, 0) is 0 Å². The summed E-state index contributed by atoms with van der Waals surface area (Å²) < 4.78 is 0. The van der Waals surface area contributed by atoms with Gasteiger partial charge in [-0.3, -0.25) is 0 Å². The fourth-order valence-electron chi connectivity index (χ4n) is 0.409. The second kappa shape index (κ2) is 2.74. The van der Waals surface area contributed by atoms with E-state index in [4.69, 9.17) is 5.73 Å². The lowest BCUT2D eigenvalue weighted by Crippen LogP contribution is -1.91. The van der Waals surface area contributed by atoms with Gasteiger partial charge < -0.3 is 10.7 Å². The summed E-state index contributed by atoms with van der Waals surface area (Å²) >= 11 is 1.49. The van der Waals surface area contributed by atoms with Crippen molar-refractivity contribution in [1.29, 1.82) is 0 Å². The Labute approximate surface area is 51.7 Å². The number of rotatable bonds is 2. The third-order valence-electron chi connectivity index (χ3n) is 0.693. The van der Waals surface area contributed by atoms with Crippen LogP contribution in [0.25, 0.3) is 0 Å². The number of aromatic nitrogens is 2. The minimum Gasteiger partial charge on any atom is -0.340 e. The molecule has 3 N–H and O–H groups in total. The monoisotopic (exact) mass is 129 g/mol. The van der Waals surface area contributed by atoms with Crippen LogP contribution in [0.1, 0.15) is 0 Å². The third-order valence-corrected chi connectivity index (χ3v) is 1.36. The molecule has 0 atom stereocenters. The second-order valence-corrected chi connectivity index (χ2v) is 2.21. The van der Waals surface area contributed by atoms with Crippen molar-refractivity contribution in [1.82, 2.24) is 9.97 Å². The zero-order chi connectivity index (χ0) is 5.82. The summed E-state index contributed by atoms with van der Waals surface area (Å²) in [5.74, 6) is 0.577. The molecule has 0 radical (unpaired) electrons. The molecule has 8 heavy (non-hydrogen) atoms. The number of nitrogens with two attached hydrogens (primary N) is 1. The maximum absolute atomic E-state index is 5.22. The van der Waals surface area contributed by atoms with Gasteiger partial charge in [-0.05, 0) is 0 Å². The van der Waals surface area contributed by atoms with E-state index in [2.05, 4.69) is 9.97 Å². The molecule has 0 aromatic carbocycles. The summed E-state index contributed by atoms with van der Waals surface area (Å²) in [5, 5.41) is 0.882. The van der Waals surface area contributed by atoms with Crippen molar-refractivity contribution in [3.8, 4) is 0 Å². The molecule has 1 heterocycles. The van der Waals surface area contributed by atoms with Crippen LogP contribution in [0.3, 0.4) is 0 Å². The maximum Gasteiger partial charge on any atom is 0.166 e. The van der Waals surface area contributed by atoms with Crippen molar-refractivity contribution in [2.75, 3.05) is 5.88 Å². The van der Waals surface area contributed by atoms with Crippen LogP contribution in [0.4, 0.5) is 0 Å². The summed E-state index contributed by atoms with van der Waals surface area (Å²) in [6, 6.07) is 0. The number of imidazole rings is 1. The van der Waals surface area contributed by atoms with E-state index in [0.29, 0.717) is 5.88 Å². The molecule has 44 valence electrons. The van der Waals surface area contributed by atoms with Gasteiger partial charge in [0.2, 0.25) is 0 Å². The molecular formula is C4H7N3S. The quantitative estimate of drug-likeness (QED) is 0.449. The molecule has 4 heteroatoms. The molecule has 1 rings (SSSR count). The average Bonchev–Trinajstić information content (AvgIpc) is 2.19. The molecule has 0 fully saturated rings. The van der Waals surface area contributed by atoms with Crippen LogP contribution < -0.4 is 5.73 Å². The highest BCUT2D eigenvalue weighted by atomic mass is 32.2. The van der Waals surface area contributed by atoms with Crippen LogP contribution >= 0.6 is 11.8 Å². The fraction of sp³-hybridized carbons (Fsp3) is 0.250. The first-order valence-electron chi connectivity index (χ1n) is 2.25. The van der Waals surface area contributed by atoms with Gasteiger partial charge in [-0.15, -0.1) is 0 Å². The number of aromatic amines is 1. The van der Waals surface area contributed by atoms with Crippen LogP contribution in [0, 0.1) is 0 Å². The molecule has 0 saturated carbocycles. The maximum atomic E-state index is 5.22. The largest absolute Gasteiger partial charge is 0.340 e. The molecule has 0 spiro atoms. The van der Waals surface area contributed by atoms with Crippen LogP contribution in [0.2, 0.25) is 0 Å². The van der Waals surface area contributed by atoms with E-state index in [9.17, 15) is 0 Å². The lowest BCUT2D eigenvalue weighted by atomic mass is 11.0. The van der Waals surface area contributed by atoms with Crippen LogP contribution in [0.15, 0.2) is 17.6 Å². The Morgan fingerprint density at radius 3 is 3.25 bits per heavy atom. The van der Waals surface area contributed by atoms with Gasteiger partial charge in [0.1, 0.15) is 0 Å². The Kier molecular flexibility index (Phi) is 1.93. The van der Waals surface area contributed by atoms with Crippen LogP contribution in [0.5, 0.6) is 0 Å². The van der Waals surface area contributed by atoms with Crippen molar-refractivity contribution in [3.05, 3.63) is 12.4 Å². The standard InChI is InChI=1S/C4H7N3S/c5-3-8-4-6-1-2-7-4/h1-2H,3,5H2,(H,6,7). The van der Waals surface area contributed by atoms with Gasteiger partial charge in [0, 0.05) is 18.3 Å². The van der Waals surface area contributed by atoms with E-state index < -0.39 is 0 Å². The Morgan fingerprint density at radius 1 is 1.88 bits per heavy atom. The predicted octanol–water partition coefficient (Wildman–Crippen LogP) is 0.418. The first-order chi connectivity index (χ1) is 3.93. The Bertz CT molecular complexity index is 137. The van der Waals surface area contributed by atoms with E-state index >= 15 is 0 Å². The number of hydrogen-bond acceptors (Lipinski definition) is 3. The number of hydrogen-bond donors (Lipinski definition) is 2. The molecule has 0 aliphatic rings. The van der Waals surface area contributed by atoms with Gasteiger partial charge in [0.25, 0.3) is 0 Å². The molecule has 1 aromatic heterocycles. The number of thioether (sulfide) groups is 1. The van der Waals surface area contributed by atoms with Crippen LogP contribution in [-0.4, -0.2) is 15.8 Å². The molecule has 0 aliphatic heterocycles. The Hall–Kier alpha value is -0.480. The highest BCUT2D eigenvalue weighted by Crippen LogP contribution is 2.06. The fourth-order valence-corrected chi connectivity index (χ4v) is 0.853. The SMILES string of the molecule is NCSc1ncc[nH]1. The van der Waals surface area contributed by atoms with E-state index in [-0.39, 0.29) is 0 Å². The van der Waals surface area contributed by atoms with Crippen molar-refractivity contribution < 1.29 is 0 Å². The highest BCUT2D eigenvalue weighted by molar-refractivity contribution is 7.99. The molecule has 3 nitrogen and oxygen atoms in total. The summed E-state index contributed by atoms with van der Waals surface area (Å²) in [6.45, 7) is 0. The molecule has 0 saturated heterocycles. The van der Waals surface area contributed by atoms with E-state index in [0.717, 1.165) is 5.16 Å². The molecule has 0 aliphatic carbocycles. The number of H-pyrrole nitrogens is 1. The number of nitrogens with zero attached hydrogens (tertiary/aromatic N) is 1. The van der Waals surface area contributed by atoms with E-state index in [1.807, 2.05) is 0 Å². The van der Waals surface area contributed by atoms with E-state index in [1.54, 1.807) is 12.4 Å². The molecule has 1 aromatic rings. The lowest BCUT2D eigenvalue weighted by molar-refractivity contribution is 1.06. The summed E-state index contributed by atoms with van der Waals surface area (Å²) in [5.41, 5.74) is 5.22. The average molecular weight is 129 g/mol. The minimum atomic E-state index is 0.577. The van der Waals surface area contributed by atoms with Crippen molar-refractivity contribution in [2.24, 2.45) is 5.73 Å². The Balaban J connectivity index is 2.50. The second-order valence-electron chi connectivity index (χ2n) is 1.21. The minimum absolute atomic E-state index is 0.577. The van der Waals surface area contributed by atoms with Gasteiger partial charge in [-0.2, -0.15) is 0 Å². The third kappa shape index (κ3) is 1.24. The van der Waals surface area contributed by atoms with Gasteiger partial charge in [0.05, 0.1) is 0 Å². The van der Waals surface area contributed by atoms with Crippen molar-refractivity contribution >= 4 is 11.8 Å². The zero-order valence-corrected chi connectivity index (χ0v) is 5.11. The normalized spacial score (nSPS) is 9.62. The lowest BCUT2D eigenvalue weighted by Gasteiger charge is -1.86. The first kappa shape index (κ1) is 5.65. The highest BCUT2D eigenvalue weighted by Gasteiger charge is 1.88. The molecule has 0 amide bonds. The summed E-state index contributed by atoms with van der Waals surface area (Å²) in [6.07, 6.45) is 3.48. The summed E-state index contributed by atoms with van der Waals surface area (Å²) in [4.78, 5) is 6.84. The first-order valence-corrected chi connectivity index (χ1v) is 3.24. The van der Waals surface area contributed by atoms with Gasteiger partial charge in [-0.1, -0.05) is 11.8 Å². The molecule has 0 unspecified atom stereocenters. The zero-order valence-electron chi connectivity index (χ0n) is 4.29. The van der Waals surface area contributed by atoms with Crippen molar-refractivity contribution in [3.63, 3.8) is 0 Å². The van der Waals surface area contributed by atoms with Crippen molar-refractivity contribution in [2.45, 2.75) is 5.16 Å². The predicted molar refractivity (Wildman–Crippen MR) is 33.5 cm³/mol. The smallest absolute Gasteiger partial charge is 0.166 e. The molecular weight excluding hydrogens is 122 g/mol. The summed E-state index contributed by atoms with van der Waals surface area (Å²) in [7, 11) is 0.